The lowest BCUT2D eigenvalue weighted by Gasteiger charge is -2.15. The van der Waals surface area contributed by atoms with Gasteiger partial charge in [0.15, 0.2) is 11.9 Å². The van der Waals surface area contributed by atoms with Crippen LogP contribution < -0.4 is 4.74 Å². The molecule has 4 nitrogen and oxygen atoms in total. The summed E-state index contributed by atoms with van der Waals surface area (Å²) in [6, 6.07) is 5.19. The van der Waals surface area contributed by atoms with Crippen LogP contribution in [0.4, 0.5) is 0 Å². The quantitative estimate of drug-likeness (QED) is 0.729. The fourth-order valence-electron chi connectivity index (χ4n) is 2.54. The van der Waals surface area contributed by atoms with Crippen molar-refractivity contribution in [1.29, 1.82) is 0 Å². The summed E-state index contributed by atoms with van der Waals surface area (Å²) in [6.45, 7) is 6.67. The Morgan fingerprint density at radius 3 is 2.48 bits per heavy atom. The summed E-state index contributed by atoms with van der Waals surface area (Å²) in [5.41, 5.74) is 2.29. The Bertz CT molecular complexity index is 782. The number of Topliss-reactive ketones (excluding diaryl/α,β-unsaturated/α-hetero) is 2. The van der Waals surface area contributed by atoms with Crippen molar-refractivity contribution in [3.05, 3.63) is 50.2 Å². The number of carbonyl (C=O) groups excluding carboxylic acids is 2. The van der Waals surface area contributed by atoms with Crippen LogP contribution in [0.3, 0.4) is 0 Å². The first kappa shape index (κ1) is 17.8. The van der Waals surface area contributed by atoms with Crippen LogP contribution in [-0.4, -0.2) is 22.7 Å². The van der Waals surface area contributed by atoms with Crippen molar-refractivity contribution in [2.45, 2.75) is 33.8 Å². The number of nitrogens with one attached hydrogen (secondary N) is 1. The number of ether oxygens (including phenoxy) is 1. The fourth-order valence-corrected chi connectivity index (χ4v) is 3.26. The van der Waals surface area contributed by atoms with Gasteiger partial charge in [0.05, 0.1) is 10.7 Å². The van der Waals surface area contributed by atoms with Crippen molar-refractivity contribution >= 4 is 39.1 Å². The van der Waals surface area contributed by atoms with Crippen LogP contribution in [0.2, 0.25) is 5.02 Å². The molecule has 0 aliphatic heterocycles. The summed E-state index contributed by atoms with van der Waals surface area (Å²) in [6.07, 6.45) is -0.731. The Morgan fingerprint density at radius 2 is 1.96 bits per heavy atom. The van der Waals surface area contributed by atoms with Crippen LogP contribution in [0.25, 0.3) is 0 Å². The van der Waals surface area contributed by atoms with E-state index in [2.05, 4.69) is 20.9 Å². The second-order valence-corrected chi connectivity index (χ2v) is 6.70. The molecule has 0 saturated heterocycles. The zero-order valence-electron chi connectivity index (χ0n) is 13.3. The maximum absolute atomic E-state index is 12.6. The van der Waals surface area contributed by atoms with Crippen molar-refractivity contribution in [2.24, 2.45) is 0 Å². The minimum atomic E-state index is -0.731. The van der Waals surface area contributed by atoms with E-state index < -0.39 is 6.10 Å². The highest BCUT2D eigenvalue weighted by Crippen LogP contribution is 2.29. The van der Waals surface area contributed by atoms with E-state index in [0.29, 0.717) is 33.3 Å². The Kier molecular flexibility index (Phi) is 5.32. The number of hydrogen-bond acceptors (Lipinski definition) is 3. The molecule has 2 aromatic rings. The molecule has 0 aliphatic carbocycles. The number of aromatic amines is 1. The summed E-state index contributed by atoms with van der Waals surface area (Å²) in [5.74, 6) is 0.139. The monoisotopic (exact) mass is 397 g/mol. The highest BCUT2D eigenvalue weighted by molar-refractivity contribution is 9.10. The summed E-state index contributed by atoms with van der Waals surface area (Å²) in [5, 5.41) is 0.419. The summed E-state index contributed by atoms with van der Waals surface area (Å²) < 4.78 is 6.50. The number of hydrogen-bond donors (Lipinski definition) is 1. The summed E-state index contributed by atoms with van der Waals surface area (Å²) in [4.78, 5) is 27.3. The maximum atomic E-state index is 12.6. The van der Waals surface area contributed by atoms with Gasteiger partial charge in [-0.05, 0) is 51.5 Å². The Balaban J connectivity index is 2.27. The molecule has 0 bridgehead atoms. The average Bonchev–Trinajstić information content (AvgIpc) is 2.76. The first-order valence-electron chi connectivity index (χ1n) is 7.08. The molecule has 1 aromatic carbocycles. The molecule has 0 amide bonds. The minimum Gasteiger partial charge on any atom is -0.481 e. The molecular weight excluding hydrogens is 382 g/mol. The predicted octanol–water partition coefficient (Wildman–Crippen LogP) is 4.90. The topological polar surface area (TPSA) is 59.2 Å². The molecule has 1 N–H and O–H groups in total. The van der Waals surface area contributed by atoms with Gasteiger partial charge in [0.2, 0.25) is 5.78 Å². The second kappa shape index (κ2) is 6.89. The van der Waals surface area contributed by atoms with E-state index >= 15 is 0 Å². The van der Waals surface area contributed by atoms with Crippen LogP contribution >= 0.6 is 27.5 Å². The maximum Gasteiger partial charge on any atom is 0.219 e. The number of benzene rings is 1. The normalized spacial score (nSPS) is 12.1. The molecule has 0 spiro atoms. The summed E-state index contributed by atoms with van der Waals surface area (Å²) >= 11 is 9.43. The zero-order valence-corrected chi connectivity index (χ0v) is 15.6. The molecule has 0 saturated carbocycles. The molecule has 1 atom stereocenters. The van der Waals surface area contributed by atoms with Gasteiger partial charge in [-0.15, -0.1) is 0 Å². The van der Waals surface area contributed by atoms with Crippen LogP contribution in [0.1, 0.15) is 46.0 Å². The van der Waals surface area contributed by atoms with Crippen LogP contribution in [0.5, 0.6) is 5.75 Å². The first-order valence-corrected chi connectivity index (χ1v) is 8.25. The molecule has 0 radical (unpaired) electrons. The van der Waals surface area contributed by atoms with Gasteiger partial charge in [-0.3, -0.25) is 9.59 Å². The van der Waals surface area contributed by atoms with Crippen molar-refractivity contribution in [1.82, 2.24) is 4.98 Å². The summed E-state index contributed by atoms with van der Waals surface area (Å²) in [7, 11) is 0. The van der Waals surface area contributed by atoms with E-state index in [0.717, 1.165) is 4.47 Å². The van der Waals surface area contributed by atoms with Gasteiger partial charge in [-0.1, -0.05) is 27.5 Å². The van der Waals surface area contributed by atoms with Crippen LogP contribution in [0.15, 0.2) is 22.7 Å². The first-order chi connectivity index (χ1) is 10.7. The standard InChI is InChI=1S/C17H17BrClNO3/c1-8-15(10(3)21)9(2)20-16(8)17(22)11(4)23-14-6-5-12(18)7-13(14)19/h5-7,11,20H,1-4H3/t11-/m1/s1. The van der Waals surface area contributed by atoms with Gasteiger partial charge in [-0.2, -0.15) is 0 Å². The Labute approximate surface area is 148 Å². The lowest BCUT2D eigenvalue weighted by molar-refractivity contribution is 0.0813. The van der Waals surface area contributed by atoms with Crippen molar-refractivity contribution in [2.75, 3.05) is 0 Å². The molecule has 1 aromatic heterocycles. The van der Waals surface area contributed by atoms with Gasteiger partial charge in [-0.25, -0.2) is 0 Å². The van der Waals surface area contributed by atoms with Gasteiger partial charge >= 0.3 is 0 Å². The van der Waals surface area contributed by atoms with Crippen molar-refractivity contribution in [3.63, 3.8) is 0 Å². The fraction of sp³-hybridized carbons (Fsp3) is 0.294. The molecule has 122 valence electrons. The number of H-pyrrole nitrogens is 1. The smallest absolute Gasteiger partial charge is 0.219 e. The van der Waals surface area contributed by atoms with E-state index in [9.17, 15) is 9.59 Å². The molecule has 23 heavy (non-hydrogen) atoms. The lowest BCUT2D eigenvalue weighted by atomic mass is 10.0. The third-order valence-electron chi connectivity index (χ3n) is 3.60. The van der Waals surface area contributed by atoms with E-state index in [1.807, 2.05) is 0 Å². The molecule has 1 heterocycles. The van der Waals surface area contributed by atoms with Gasteiger partial charge < -0.3 is 9.72 Å². The third kappa shape index (κ3) is 3.67. The molecule has 6 heteroatoms. The van der Waals surface area contributed by atoms with Crippen molar-refractivity contribution < 1.29 is 14.3 Å². The third-order valence-corrected chi connectivity index (χ3v) is 4.39. The highest BCUT2D eigenvalue weighted by atomic mass is 79.9. The lowest BCUT2D eigenvalue weighted by Crippen LogP contribution is -2.25. The Morgan fingerprint density at radius 1 is 1.30 bits per heavy atom. The van der Waals surface area contributed by atoms with E-state index in [4.69, 9.17) is 16.3 Å². The van der Waals surface area contributed by atoms with E-state index in [1.54, 1.807) is 39.0 Å². The number of rotatable bonds is 5. The zero-order chi connectivity index (χ0) is 17.3. The van der Waals surface area contributed by atoms with Gasteiger partial charge in [0, 0.05) is 15.7 Å². The number of aryl methyl sites for hydroxylation is 1. The van der Waals surface area contributed by atoms with E-state index in [1.165, 1.54) is 6.92 Å². The minimum absolute atomic E-state index is 0.0696. The number of halogens is 2. The molecule has 0 unspecified atom stereocenters. The largest absolute Gasteiger partial charge is 0.481 e. The van der Waals surface area contributed by atoms with Gasteiger partial charge in [0.25, 0.3) is 0 Å². The molecular formula is C17H17BrClNO3. The highest BCUT2D eigenvalue weighted by Gasteiger charge is 2.25. The molecule has 0 fully saturated rings. The average molecular weight is 399 g/mol. The molecule has 0 aliphatic rings. The van der Waals surface area contributed by atoms with Crippen molar-refractivity contribution in [3.8, 4) is 5.75 Å². The number of aromatic nitrogens is 1. The molecule has 2 rings (SSSR count). The van der Waals surface area contributed by atoms with Crippen LogP contribution in [-0.2, 0) is 0 Å². The van der Waals surface area contributed by atoms with Crippen LogP contribution in [0, 0.1) is 13.8 Å². The number of carbonyl (C=O) groups is 2. The number of ketones is 2. The van der Waals surface area contributed by atoms with E-state index in [-0.39, 0.29) is 11.6 Å². The SMILES string of the molecule is CC(=O)c1c(C)[nH]c(C(=O)[C@@H](C)Oc2ccc(Br)cc2Cl)c1C. The Hall–Kier alpha value is -1.59. The second-order valence-electron chi connectivity index (χ2n) is 5.38. The van der Waals surface area contributed by atoms with Gasteiger partial charge in [0.1, 0.15) is 5.75 Å². The predicted molar refractivity (Wildman–Crippen MR) is 93.8 cm³/mol.